The minimum atomic E-state index is -2.11. The van der Waals surface area contributed by atoms with Crippen LogP contribution in [-0.2, 0) is 28.6 Å². The Labute approximate surface area is 99.5 Å². The maximum Gasteiger partial charge on any atom is 0.449 e. The van der Waals surface area contributed by atoms with Crippen LogP contribution in [0, 0.1) is 0 Å². The van der Waals surface area contributed by atoms with Crippen molar-refractivity contribution in [1.82, 2.24) is 0 Å². The maximum atomic E-state index is 11.0. The number of rotatable bonds is 4. The molecule has 0 heterocycles. The Morgan fingerprint density at radius 1 is 0.824 bits per heavy atom. The van der Waals surface area contributed by atoms with Gasteiger partial charge in [-0.25, -0.2) is 0 Å². The van der Waals surface area contributed by atoms with Crippen LogP contribution in [0.2, 0.25) is 0 Å². The molecule has 17 heavy (non-hydrogen) atoms. The van der Waals surface area contributed by atoms with Gasteiger partial charge < -0.3 is 14.2 Å². The molecule has 0 amide bonds. The van der Waals surface area contributed by atoms with E-state index >= 15 is 0 Å². The van der Waals surface area contributed by atoms with Crippen molar-refractivity contribution in [3.05, 3.63) is 11.6 Å². The molecule has 0 unspecified atom stereocenters. The molecule has 0 aliphatic rings. The van der Waals surface area contributed by atoms with Gasteiger partial charge in [0.2, 0.25) is 0 Å². The van der Waals surface area contributed by atoms with E-state index in [1.54, 1.807) is 6.92 Å². The zero-order chi connectivity index (χ0) is 13.6. The number of allylic oxidation sites excluding steroid dienone is 1. The van der Waals surface area contributed by atoms with Crippen LogP contribution < -0.4 is 0 Å². The lowest BCUT2D eigenvalue weighted by molar-refractivity contribution is -0.306. The molecule has 0 radical (unpaired) electrons. The lowest BCUT2D eigenvalue weighted by Gasteiger charge is -2.30. The van der Waals surface area contributed by atoms with E-state index in [4.69, 9.17) is 14.2 Å². The fourth-order valence-corrected chi connectivity index (χ4v) is 1.05. The van der Waals surface area contributed by atoms with Gasteiger partial charge in [0.1, 0.15) is 0 Å². The normalized spacial score (nSPS) is 11.7. The summed E-state index contributed by atoms with van der Waals surface area (Å²) >= 11 is 0. The topological polar surface area (TPSA) is 78.9 Å². The van der Waals surface area contributed by atoms with Crippen LogP contribution in [0.1, 0.15) is 34.6 Å². The van der Waals surface area contributed by atoms with Crippen molar-refractivity contribution < 1.29 is 28.6 Å². The lowest BCUT2D eigenvalue weighted by atomic mass is 10.2. The van der Waals surface area contributed by atoms with Crippen LogP contribution in [0.25, 0.3) is 0 Å². The van der Waals surface area contributed by atoms with Gasteiger partial charge in [-0.1, -0.05) is 6.08 Å². The largest absolute Gasteiger partial charge is 0.449 e. The summed E-state index contributed by atoms with van der Waals surface area (Å²) in [6.07, 6.45) is 1.51. The minimum Gasteiger partial charge on any atom is -0.385 e. The third-order valence-corrected chi connectivity index (χ3v) is 1.75. The van der Waals surface area contributed by atoms with Gasteiger partial charge in [0.15, 0.2) is 0 Å². The molecule has 0 atom stereocenters. The molecule has 0 fully saturated rings. The molecule has 0 aromatic carbocycles. The molecule has 6 heteroatoms. The van der Waals surface area contributed by atoms with Crippen molar-refractivity contribution in [3.8, 4) is 0 Å². The summed E-state index contributed by atoms with van der Waals surface area (Å²) in [5, 5.41) is 0. The van der Waals surface area contributed by atoms with Gasteiger partial charge in [0.05, 0.1) is 5.57 Å². The minimum absolute atomic E-state index is 0.276. The van der Waals surface area contributed by atoms with Crippen LogP contribution in [-0.4, -0.2) is 23.9 Å². The number of esters is 3. The molecular weight excluding hydrogens is 228 g/mol. The van der Waals surface area contributed by atoms with Gasteiger partial charge in [-0.3, -0.25) is 14.4 Å². The molecule has 0 N–H and O–H groups in total. The summed E-state index contributed by atoms with van der Waals surface area (Å²) in [4.78, 5) is 33.0. The first kappa shape index (κ1) is 15.2. The monoisotopic (exact) mass is 244 g/mol. The van der Waals surface area contributed by atoms with Gasteiger partial charge in [-0.05, 0) is 13.8 Å². The summed E-state index contributed by atoms with van der Waals surface area (Å²) in [5.41, 5.74) is 0.276. The number of hydrogen-bond donors (Lipinski definition) is 0. The highest BCUT2D eigenvalue weighted by Gasteiger charge is 2.43. The Hall–Kier alpha value is -1.85. The molecule has 0 saturated heterocycles. The number of carbonyl (C=O) groups is 3. The van der Waals surface area contributed by atoms with E-state index < -0.39 is 23.9 Å². The summed E-state index contributed by atoms with van der Waals surface area (Å²) in [5.74, 6) is -4.34. The highest BCUT2D eigenvalue weighted by atomic mass is 16.9. The maximum absolute atomic E-state index is 11.0. The quantitative estimate of drug-likeness (QED) is 0.421. The standard InChI is InChI=1S/C11H16O6/c1-6-7(2)11(15-8(3)12,16-9(4)13)17-10(5)14/h6H,1-5H3/b7-6+. The van der Waals surface area contributed by atoms with Crippen molar-refractivity contribution in [2.75, 3.05) is 0 Å². The Kier molecular flexibility index (Phi) is 5.37. The summed E-state index contributed by atoms with van der Waals surface area (Å²) in [6, 6.07) is 0. The number of ether oxygens (including phenoxy) is 3. The molecule has 0 rings (SSSR count). The van der Waals surface area contributed by atoms with E-state index in [0.717, 1.165) is 20.8 Å². The first-order valence-electron chi connectivity index (χ1n) is 4.95. The fraction of sp³-hybridized carbons (Fsp3) is 0.545. The van der Waals surface area contributed by atoms with Crippen LogP contribution in [0.15, 0.2) is 11.6 Å². The van der Waals surface area contributed by atoms with E-state index in [2.05, 4.69) is 0 Å². The fourth-order valence-electron chi connectivity index (χ4n) is 1.05. The predicted octanol–water partition coefficient (Wildman–Crippen LogP) is 1.30. The average Bonchev–Trinajstić information content (AvgIpc) is 2.12. The molecule has 0 aliphatic heterocycles. The smallest absolute Gasteiger partial charge is 0.385 e. The van der Waals surface area contributed by atoms with Gasteiger partial charge in [-0.2, -0.15) is 0 Å². The molecule has 0 aromatic rings. The highest BCUT2D eigenvalue weighted by Crippen LogP contribution is 2.26. The Morgan fingerprint density at radius 2 is 1.12 bits per heavy atom. The highest BCUT2D eigenvalue weighted by molar-refractivity contribution is 5.71. The van der Waals surface area contributed by atoms with E-state index in [1.807, 2.05) is 0 Å². The van der Waals surface area contributed by atoms with Crippen molar-refractivity contribution in [2.24, 2.45) is 0 Å². The zero-order valence-electron chi connectivity index (χ0n) is 10.5. The SMILES string of the molecule is C/C=C(\C)C(OC(C)=O)(OC(C)=O)OC(C)=O. The first-order valence-corrected chi connectivity index (χ1v) is 4.95. The van der Waals surface area contributed by atoms with Crippen molar-refractivity contribution in [2.45, 2.75) is 40.6 Å². The average molecular weight is 244 g/mol. The third-order valence-electron chi connectivity index (χ3n) is 1.75. The molecule has 0 aliphatic carbocycles. The van der Waals surface area contributed by atoms with Crippen LogP contribution >= 0.6 is 0 Å². The Balaban J connectivity index is 5.41. The van der Waals surface area contributed by atoms with E-state index in [1.165, 1.54) is 13.0 Å². The Morgan fingerprint density at radius 3 is 1.29 bits per heavy atom. The van der Waals surface area contributed by atoms with Crippen molar-refractivity contribution in [1.29, 1.82) is 0 Å². The summed E-state index contributed by atoms with van der Waals surface area (Å²) < 4.78 is 14.5. The van der Waals surface area contributed by atoms with Gasteiger partial charge in [0.25, 0.3) is 0 Å². The van der Waals surface area contributed by atoms with E-state index in [-0.39, 0.29) is 5.57 Å². The van der Waals surface area contributed by atoms with E-state index in [0.29, 0.717) is 0 Å². The molecular formula is C11H16O6. The van der Waals surface area contributed by atoms with Crippen molar-refractivity contribution in [3.63, 3.8) is 0 Å². The second-order valence-electron chi connectivity index (χ2n) is 3.31. The van der Waals surface area contributed by atoms with Crippen LogP contribution in [0.3, 0.4) is 0 Å². The second-order valence-corrected chi connectivity index (χ2v) is 3.31. The summed E-state index contributed by atoms with van der Waals surface area (Å²) in [6.45, 7) is 6.48. The lowest BCUT2D eigenvalue weighted by Crippen LogP contribution is -2.44. The van der Waals surface area contributed by atoms with Crippen molar-refractivity contribution >= 4 is 17.9 Å². The second kappa shape index (κ2) is 6.03. The van der Waals surface area contributed by atoms with E-state index in [9.17, 15) is 14.4 Å². The van der Waals surface area contributed by atoms with Gasteiger partial charge in [0, 0.05) is 20.8 Å². The molecule has 96 valence electrons. The van der Waals surface area contributed by atoms with Crippen LogP contribution in [0.4, 0.5) is 0 Å². The molecule has 0 bridgehead atoms. The first-order chi connectivity index (χ1) is 7.73. The zero-order valence-corrected chi connectivity index (χ0v) is 10.5. The number of hydrogen-bond acceptors (Lipinski definition) is 6. The predicted molar refractivity (Wildman–Crippen MR) is 57.5 cm³/mol. The van der Waals surface area contributed by atoms with Crippen LogP contribution in [0.5, 0.6) is 0 Å². The molecule has 0 spiro atoms. The molecule has 0 aromatic heterocycles. The third kappa shape index (κ3) is 4.67. The number of carbonyl (C=O) groups excluding carboxylic acids is 3. The van der Waals surface area contributed by atoms with Gasteiger partial charge in [-0.15, -0.1) is 0 Å². The molecule has 0 saturated carbocycles. The Bertz CT molecular complexity index is 314. The molecule has 6 nitrogen and oxygen atoms in total. The van der Waals surface area contributed by atoms with Gasteiger partial charge >= 0.3 is 23.9 Å². The summed E-state index contributed by atoms with van der Waals surface area (Å²) in [7, 11) is 0.